The van der Waals surface area contributed by atoms with Crippen molar-refractivity contribution in [2.24, 2.45) is 0 Å². The maximum Gasteiger partial charge on any atom is 0.333 e. The number of ether oxygens (including phenoxy) is 2. The molecule has 0 spiro atoms. The fraction of sp³-hybridized carbons (Fsp3) is 0.436. The number of esters is 1. The molecule has 274 valence electrons. The fourth-order valence-corrected chi connectivity index (χ4v) is 10.7. The number of hydrogen-bond donors (Lipinski definition) is 1. The Labute approximate surface area is 303 Å². The van der Waals surface area contributed by atoms with Crippen molar-refractivity contribution in [2.75, 3.05) is 39.5 Å². The second-order valence-corrected chi connectivity index (χ2v) is 17.9. The highest BCUT2D eigenvalue weighted by atomic mass is 28.4. The number of amides is 2. The molecule has 12 heteroatoms. The average molecular weight is 720 g/mol. The van der Waals surface area contributed by atoms with Gasteiger partial charge < -0.3 is 23.8 Å². The lowest BCUT2D eigenvalue weighted by Crippen LogP contribution is -2.67. The molecular weight excluding hydrogens is 669 g/mol. The van der Waals surface area contributed by atoms with E-state index in [1.165, 1.54) is 10.4 Å². The first-order valence-electron chi connectivity index (χ1n) is 17.9. The predicted octanol–water partition coefficient (Wildman–Crippen LogP) is 4.07. The minimum atomic E-state index is -2.76. The van der Waals surface area contributed by atoms with E-state index in [9.17, 15) is 19.2 Å². The third-order valence-electron chi connectivity index (χ3n) is 8.91. The quantitative estimate of drug-likeness (QED) is 0.0790. The number of rotatable bonds is 20. The van der Waals surface area contributed by atoms with Gasteiger partial charge in [-0.05, 0) is 52.0 Å². The topological polar surface area (TPSA) is 132 Å². The molecule has 51 heavy (non-hydrogen) atoms. The van der Waals surface area contributed by atoms with Crippen LogP contribution < -0.4 is 15.1 Å². The Morgan fingerprint density at radius 3 is 2.06 bits per heavy atom. The van der Waals surface area contributed by atoms with Gasteiger partial charge in [-0.25, -0.2) is 4.79 Å². The van der Waals surface area contributed by atoms with Gasteiger partial charge in [0.25, 0.3) is 20.1 Å². The summed E-state index contributed by atoms with van der Waals surface area (Å²) < 4.78 is 25.7. The summed E-state index contributed by atoms with van der Waals surface area (Å²) in [5.74, 6) is -1.89. The van der Waals surface area contributed by atoms with E-state index in [1.54, 1.807) is 0 Å². The zero-order valence-corrected chi connectivity index (χ0v) is 31.1. The maximum absolute atomic E-state index is 12.5. The van der Waals surface area contributed by atoms with Crippen LogP contribution in [0, 0.1) is 6.92 Å². The molecule has 4 rings (SSSR count). The molecule has 1 aliphatic heterocycles. The van der Waals surface area contributed by atoms with Crippen LogP contribution >= 0.6 is 0 Å². The van der Waals surface area contributed by atoms with E-state index >= 15 is 0 Å². The molecule has 0 radical (unpaired) electrons. The lowest BCUT2D eigenvalue weighted by atomic mass is 10.1. The van der Waals surface area contributed by atoms with Gasteiger partial charge in [0.2, 0.25) is 1.43 Å². The predicted molar refractivity (Wildman–Crippen MR) is 195 cm³/mol. The second kappa shape index (κ2) is 18.8. The van der Waals surface area contributed by atoms with Crippen LogP contribution in [0.25, 0.3) is 0 Å². The number of imide groups is 1. The summed E-state index contributed by atoms with van der Waals surface area (Å²) >= 11 is 0. The third-order valence-corrected chi connectivity index (χ3v) is 14.0. The number of hydroxylamine groups is 2. The monoisotopic (exact) mass is 719 g/mol. The lowest BCUT2D eigenvalue weighted by molar-refractivity contribution is -0.197. The minimum Gasteiger partial charge on any atom is -0.494 e. The molecule has 2 amide bonds. The van der Waals surface area contributed by atoms with Crippen LogP contribution in [0.1, 0.15) is 64.0 Å². The smallest absolute Gasteiger partial charge is 0.333 e. The Hall–Kier alpha value is -4.36. The molecule has 0 saturated carbocycles. The van der Waals surface area contributed by atoms with Crippen molar-refractivity contribution in [1.82, 2.24) is 9.96 Å². The molecule has 0 unspecified atom stereocenters. The number of aliphatic hydroxyl groups is 1. The van der Waals surface area contributed by atoms with Gasteiger partial charge in [0, 0.05) is 39.1 Å². The molecule has 0 aliphatic carbocycles. The Morgan fingerprint density at radius 2 is 1.45 bits per heavy atom. The summed E-state index contributed by atoms with van der Waals surface area (Å²) in [7, 11) is -2.76. The van der Waals surface area contributed by atoms with Crippen LogP contribution in [-0.4, -0.2) is 88.0 Å². The Morgan fingerprint density at radius 1 is 0.843 bits per heavy atom. The van der Waals surface area contributed by atoms with Crippen LogP contribution in [0.4, 0.5) is 0 Å². The molecule has 0 atom stereocenters. The largest absolute Gasteiger partial charge is 0.494 e. The number of carbonyl (C=O) groups excluding carboxylic acids is 4. The van der Waals surface area contributed by atoms with E-state index in [-0.39, 0.29) is 43.9 Å². The van der Waals surface area contributed by atoms with Crippen LogP contribution in [0.5, 0.6) is 5.75 Å². The van der Waals surface area contributed by atoms with E-state index < -0.39 is 32.1 Å². The number of hydrogen-bond acceptors (Lipinski definition) is 10. The van der Waals surface area contributed by atoms with Gasteiger partial charge in [0.05, 0.1) is 26.1 Å². The van der Waals surface area contributed by atoms with Crippen molar-refractivity contribution in [3.05, 3.63) is 90.0 Å². The summed E-state index contributed by atoms with van der Waals surface area (Å²) in [5.41, 5.74) is 1.91. The molecule has 1 fully saturated rings. The highest BCUT2D eigenvalue weighted by Gasteiger charge is 2.50. The Kier molecular flexibility index (Phi) is 13.9. The summed E-state index contributed by atoms with van der Waals surface area (Å²) in [6.45, 7) is 11.4. The standard InChI is InChI=1S/C39H50N2O9Si/c1-30-16-17-32(28-31(30)29-42)47-25-11-22-40(23-26-48-37(45)20-21-38(46)50-41-35(43)18-19-36(41)44)24-27-49-51(39(2,3)4,33-12-7-5-8-13-33)34-14-9-6-10-15-34/h5-10,12-17,28,42H,11,18-27,29H2,1-4H3/i42D. The van der Waals surface area contributed by atoms with Gasteiger partial charge >= 0.3 is 11.9 Å². The molecule has 11 nitrogen and oxygen atoms in total. The maximum atomic E-state index is 12.5. The molecule has 0 bridgehead atoms. The highest BCUT2D eigenvalue weighted by molar-refractivity contribution is 6.99. The summed E-state index contributed by atoms with van der Waals surface area (Å²) in [6, 6.07) is 26.6. The average Bonchev–Trinajstić information content (AvgIpc) is 3.44. The lowest BCUT2D eigenvalue weighted by Gasteiger charge is -2.43. The molecule has 1 saturated heterocycles. The number of carbonyl (C=O) groups is 4. The number of benzene rings is 3. The van der Waals surface area contributed by atoms with Gasteiger partial charge in [0.15, 0.2) is 0 Å². The van der Waals surface area contributed by atoms with Gasteiger partial charge in [-0.1, -0.05) is 87.5 Å². The van der Waals surface area contributed by atoms with Gasteiger partial charge in [-0.2, -0.15) is 0 Å². The zero-order valence-electron chi connectivity index (χ0n) is 31.1. The molecule has 1 aliphatic rings. The van der Waals surface area contributed by atoms with E-state index in [4.69, 9.17) is 20.2 Å². The van der Waals surface area contributed by atoms with Crippen molar-refractivity contribution in [3.8, 4) is 5.75 Å². The molecule has 1 N–H and O–H groups in total. The summed E-state index contributed by atoms with van der Waals surface area (Å²) in [5, 5.41) is 7.23. The number of nitrogens with zero attached hydrogens (tertiary/aromatic N) is 2. The van der Waals surface area contributed by atoms with E-state index in [1.807, 2.05) is 37.3 Å². The Balaban J connectivity index is 1.38. The SMILES string of the molecule is [2H]OCc1cc(OCCCN(CCOC(=O)CCC(=O)ON2C(=O)CCC2=O)CCO[Si](c2ccccc2)(c2ccccc2)C(C)(C)C)ccc1C. The normalized spacial score (nSPS) is 13.7. The third kappa shape index (κ3) is 10.8. The molecule has 3 aromatic carbocycles. The molecule has 3 aromatic rings. The number of aliphatic hydroxyl groups excluding tert-OH is 1. The summed E-state index contributed by atoms with van der Waals surface area (Å²) in [4.78, 5) is 55.1. The van der Waals surface area contributed by atoms with Crippen molar-refractivity contribution >= 4 is 42.4 Å². The highest BCUT2D eigenvalue weighted by Crippen LogP contribution is 2.36. The van der Waals surface area contributed by atoms with Gasteiger partial charge in [0.1, 0.15) is 12.4 Å². The molecular formula is C39H50N2O9Si. The first-order chi connectivity index (χ1) is 24.9. The van der Waals surface area contributed by atoms with Crippen LogP contribution in [0.3, 0.4) is 0 Å². The van der Waals surface area contributed by atoms with Crippen molar-refractivity contribution in [3.63, 3.8) is 0 Å². The summed E-state index contributed by atoms with van der Waals surface area (Å²) in [6.07, 6.45) is 0.107. The van der Waals surface area contributed by atoms with Gasteiger partial charge in [-0.3, -0.25) is 19.3 Å². The molecule has 0 aromatic heterocycles. The van der Waals surface area contributed by atoms with E-state index in [0.29, 0.717) is 50.1 Å². The number of aryl methyl sites for hydroxylation is 1. The molecule has 1 heterocycles. The Bertz CT molecular complexity index is 1580. The van der Waals surface area contributed by atoms with E-state index in [0.717, 1.165) is 11.1 Å². The zero-order chi connectivity index (χ0) is 37.6. The second-order valence-electron chi connectivity index (χ2n) is 13.6. The van der Waals surface area contributed by atoms with Crippen LogP contribution in [-0.2, 0) is 39.8 Å². The first kappa shape index (κ1) is 37.9. The van der Waals surface area contributed by atoms with Crippen molar-refractivity contribution in [2.45, 2.75) is 71.4 Å². The fourth-order valence-electron chi connectivity index (χ4n) is 6.17. The van der Waals surface area contributed by atoms with Crippen molar-refractivity contribution in [1.29, 1.82) is 1.43 Å². The first-order valence-corrected chi connectivity index (χ1v) is 19.4. The van der Waals surface area contributed by atoms with Crippen molar-refractivity contribution < 1.29 is 43.0 Å². The van der Waals surface area contributed by atoms with Gasteiger partial charge in [-0.15, -0.1) is 5.06 Å². The van der Waals surface area contributed by atoms with Crippen LogP contribution in [0.15, 0.2) is 78.9 Å². The van der Waals surface area contributed by atoms with E-state index in [2.05, 4.69) is 79.3 Å². The minimum absolute atomic E-state index is 0.00523. The van der Waals surface area contributed by atoms with Crippen LogP contribution in [0.2, 0.25) is 5.04 Å².